The van der Waals surface area contributed by atoms with Gasteiger partial charge >= 0.3 is 0 Å². The van der Waals surface area contributed by atoms with Crippen LogP contribution in [0.3, 0.4) is 0 Å². The second-order valence-corrected chi connectivity index (χ2v) is 12.9. The summed E-state index contributed by atoms with van der Waals surface area (Å²) in [6.45, 7) is 0.743. The second kappa shape index (κ2) is 13.7. The number of halogens is 4. The SMILES string of the molecule is COc1ccc(Cl)c(S(=O)(=O)Nc2cc3[nH]c(C(=O)c4cnn(-c5ccc(Oc6ccccc6F)cc5C)c4N)cc3cc2OCC(F)F)c1. The van der Waals surface area contributed by atoms with E-state index < -0.39 is 34.7 Å². The minimum atomic E-state index is -4.37. The van der Waals surface area contributed by atoms with E-state index >= 15 is 0 Å². The maximum absolute atomic E-state index is 14.1. The Hall–Kier alpha value is -5.67. The molecule has 0 radical (unpaired) electrons. The number of aryl methyl sites for hydroxylation is 1. The molecular formula is C34H27ClF3N5O6S. The van der Waals surface area contributed by atoms with Crippen molar-refractivity contribution in [3.05, 3.63) is 113 Å². The summed E-state index contributed by atoms with van der Waals surface area (Å²) in [4.78, 5) is 16.3. The summed E-state index contributed by atoms with van der Waals surface area (Å²) in [5.74, 6) is -0.617. The molecule has 0 aliphatic rings. The Morgan fingerprint density at radius 1 is 1.04 bits per heavy atom. The van der Waals surface area contributed by atoms with E-state index in [9.17, 15) is 26.4 Å². The van der Waals surface area contributed by atoms with Crippen LogP contribution in [0, 0.1) is 12.7 Å². The lowest BCUT2D eigenvalue weighted by Crippen LogP contribution is -2.15. The first-order valence-electron chi connectivity index (χ1n) is 14.7. The number of nitrogens with two attached hydrogens (primary N) is 1. The highest BCUT2D eigenvalue weighted by Gasteiger charge is 2.24. The summed E-state index contributed by atoms with van der Waals surface area (Å²) in [5.41, 5.74) is 7.77. The predicted octanol–water partition coefficient (Wildman–Crippen LogP) is 7.51. The number of benzene rings is 4. The van der Waals surface area contributed by atoms with Crippen molar-refractivity contribution in [1.29, 1.82) is 0 Å². The van der Waals surface area contributed by atoms with Crippen molar-refractivity contribution < 1.29 is 40.6 Å². The van der Waals surface area contributed by atoms with Gasteiger partial charge in [0.1, 0.15) is 34.6 Å². The maximum Gasteiger partial charge on any atom is 0.272 e. The maximum atomic E-state index is 14.1. The van der Waals surface area contributed by atoms with E-state index in [0.29, 0.717) is 22.4 Å². The Morgan fingerprint density at radius 3 is 2.52 bits per heavy atom. The number of carbonyl (C=O) groups excluding carboxylic acids is 1. The molecule has 2 heterocycles. The molecule has 50 heavy (non-hydrogen) atoms. The number of sulfonamides is 1. The molecule has 0 amide bonds. The number of nitrogens with one attached hydrogen (secondary N) is 2. The molecule has 11 nitrogen and oxygen atoms in total. The Morgan fingerprint density at radius 2 is 1.80 bits per heavy atom. The summed E-state index contributed by atoms with van der Waals surface area (Å²) in [6.07, 6.45) is -1.56. The third kappa shape index (κ3) is 6.91. The summed E-state index contributed by atoms with van der Waals surface area (Å²) < 4.78 is 86.7. The van der Waals surface area contributed by atoms with Crippen molar-refractivity contribution >= 4 is 49.8 Å². The number of hydrogen-bond acceptors (Lipinski definition) is 8. The molecule has 0 saturated heterocycles. The third-order valence-electron chi connectivity index (χ3n) is 7.51. The molecule has 4 aromatic carbocycles. The van der Waals surface area contributed by atoms with Gasteiger partial charge in [-0.25, -0.2) is 26.3 Å². The molecule has 0 aliphatic carbocycles. The zero-order chi connectivity index (χ0) is 35.7. The number of H-pyrrole nitrogens is 1. The van der Waals surface area contributed by atoms with Crippen LogP contribution < -0.4 is 24.7 Å². The van der Waals surface area contributed by atoms with Gasteiger partial charge in [0.15, 0.2) is 11.6 Å². The lowest BCUT2D eigenvalue weighted by molar-refractivity contribution is 0.0823. The van der Waals surface area contributed by atoms with Crippen molar-refractivity contribution in [2.45, 2.75) is 18.2 Å². The topological polar surface area (TPSA) is 151 Å². The fourth-order valence-corrected chi connectivity index (χ4v) is 6.68. The van der Waals surface area contributed by atoms with Crippen molar-refractivity contribution in [3.63, 3.8) is 0 Å². The van der Waals surface area contributed by atoms with E-state index in [1.807, 2.05) is 0 Å². The van der Waals surface area contributed by atoms with Crippen molar-refractivity contribution in [2.24, 2.45) is 0 Å². The van der Waals surface area contributed by atoms with Gasteiger partial charge in [-0.1, -0.05) is 23.7 Å². The fourth-order valence-electron chi connectivity index (χ4n) is 5.10. The quantitative estimate of drug-likeness (QED) is 0.110. The number of anilines is 2. The number of hydrogen-bond donors (Lipinski definition) is 3. The number of nitrogen functional groups attached to an aromatic ring is 1. The third-order valence-corrected chi connectivity index (χ3v) is 9.36. The zero-order valence-corrected chi connectivity index (χ0v) is 27.8. The number of fused-ring (bicyclic) bond motifs is 1. The van der Waals surface area contributed by atoms with Crippen LogP contribution in [0.15, 0.2) is 90.0 Å². The first kappa shape index (κ1) is 34.2. The number of nitrogens with zero attached hydrogens (tertiary/aromatic N) is 2. The van der Waals surface area contributed by atoms with Crippen LogP contribution in [0.2, 0.25) is 5.02 Å². The molecule has 258 valence electrons. The second-order valence-electron chi connectivity index (χ2n) is 10.9. The monoisotopic (exact) mass is 725 g/mol. The van der Waals surface area contributed by atoms with E-state index in [4.69, 9.17) is 31.5 Å². The lowest BCUT2D eigenvalue weighted by atomic mass is 10.1. The number of carbonyl (C=O) groups is 1. The molecule has 6 aromatic rings. The zero-order valence-electron chi connectivity index (χ0n) is 26.2. The van der Waals surface area contributed by atoms with Gasteiger partial charge in [-0.15, -0.1) is 0 Å². The molecule has 0 unspecified atom stereocenters. The summed E-state index contributed by atoms with van der Waals surface area (Å²) in [7, 11) is -3.02. The normalized spacial score (nSPS) is 11.6. The van der Waals surface area contributed by atoms with E-state index in [1.165, 1.54) is 66.5 Å². The molecule has 0 aliphatic heterocycles. The van der Waals surface area contributed by atoms with Crippen LogP contribution in [0.4, 0.5) is 24.7 Å². The van der Waals surface area contributed by atoms with Gasteiger partial charge in [0, 0.05) is 17.0 Å². The highest BCUT2D eigenvalue weighted by atomic mass is 35.5. The molecule has 0 atom stereocenters. The first-order valence-corrected chi connectivity index (χ1v) is 16.6. The van der Waals surface area contributed by atoms with E-state index in [2.05, 4.69) is 14.8 Å². The average molecular weight is 726 g/mol. The molecule has 0 fully saturated rings. The Kier molecular flexibility index (Phi) is 9.36. The van der Waals surface area contributed by atoms with Crippen molar-refractivity contribution in [3.8, 4) is 28.7 Å². The van der Waals surface area contributed by atoms with Gasteiger partial charge in [0.05, 0.1) is 41.0 Å². The number of methoxy groups -OCH3 is 1. The largest absolute Gasteiger partial charge is 0.497 e. The van der Waals surface area contributed by atoms with Gasteiger partial charge in [-0.05, 0) is 73.2 Å². The van der Waals surface area contributed by atoms with E-state index in [1.54, 1.807) is 37.3 Å². The van der Waals surface area contributed by atoms with Crippen LogP contribution in [-0.4, -0.2) is 49.1 Å². The molecule has 4 N–H and O–H groups in total. The Bertz CT molecular complexity index is 2360. The lowest BCUT2D eigenvalue weighted by Gasteiger charge is -2.15. The number of ether oxygens (including phenoxy) is 3. The number of alkyl halides is 2. The van der Waals surface area contributed by atoms with Crippen LogP contribution in [-0.2, 0) is 10.0 Å². The predicted molar refractivity (Wildman–Crippen MR) is 181 cm³/mol. The van der Waals surface area contributed by atoms with E-state index in [0.717, 1.165) is 0 Å². The first-order chi connectivity index (χ1) is 23.8. The minimum absolute atomic E-state index is 0.0177. The number of para-hydroxylation sites is 1. The number of ketones is 1. The molecule has 2 aromatic heterocycles. The van der Waals surface area contributed by atoms with Gasteiger partial charge in [-0.3, -0.25) is 9.52 Å². The minimum Gasteiger partial charge on any atom is -0.497 e. The van der Waals surface area contributed by atoms with Crippen LogP contribution in [0.1, 0.15) is 21.6 Å². The molecule has 0 spiro atoms. The van der Waals surface area contributed by atoms with Gasteiger partial charge in [0.2, 0.25) is 5.78 Å². The van der Waals surface area contributed by atoms with Gasteiger partial charge in [-0.2, -0.15) is 5.10 Å². The van der Waals surface area contributed by atoms with Crippen LogP contribution >= 0.6 is 11.6 Å². The number of rotatable bonds is 12. The molecular weight excluding hydrogens is 699 g/mol. The number of aromatic amines is 1. The highest BCUT2D eigenvalue weighted by molar-refractivity contribution is 7.92. The Labute approximate surface area is 288 Å². The van der Waals surface area contributed by atoms with Crippen LogP contribution in [0.25, 0.3) is 16.6 Å². The van der Waals surface area contributed by atoms with Crippen LogP contribution in [0.5, 0.6) is 23.0 Å². The summed E-state index contributed by atoms with van der Waals surface area (Å²) in [6, 6.07) is 19.0. The van der Waals surface area contributed by atoms with Crippen molar-refractivity contribution in [2.75, 3.05) is 24.2 Å². The Balaban J connectivity index is 1.30. The molecule has 6 rings (SSSR count). The van der Waals surface area contributed by atoms with Gasteiger partial charge in [0.25, 0.3) is 16.4 Å². The smallest absolute Gasteiger partial charge is 0.272 e. The van der Waals surface area contributed by atoms with Gasteiger partial charge < -0.3 is 24.9 Å². The van der Waals surface area contributed by atoms with Crippen molar-refractivity contribution in [1.82, 2.24) is 14.8 Å². The fraction of sp³-hybridized carbons (Fsp3) is 0.118. The molecule has 0 bridgehead atoms. The summed E-state index contributed by atoms with van der Waals surface area (Å²) in [5, 5.41) is 4.55. The summed E-state index contributed by atoms with van der Waals surface area (Å²) >= 11 is 6.16. The highest BCUT2D eigenvalue weighted by Crippen LogP contribution is 2.36. The average Bonchev–Trinajstić information content (AvgIpc) is 3.67. The molecule has 16 heteroatoms. The molecule has 0 saturated carbocycles. The van der Waals surface area contributed by atoms with E-state index in [-0.39, 0.29) is 55.4 Å². The standard InChI is InChI=1S/C34H27ClF3N5O6S/c1-18-11-21(49-29-6-4-3-5-24(29)36)8-10-28(18)43-34(39)22(16-40-43)33(44)27-12-19-13-30(48-17-32(37)38)26(15-25(19)41-27)42-50(45,46)31-14-20(47-2)7-9-23(31)35/h3-16,32,41-42H,17,39H2,1-2H3. The number of aromatic nitrogens is 3.